The van der Waals surface area contributed by atoms with E-state index in [0.29, 0.717) is 47.6 Å². The van der Waals surface area contributed by atoms with Crippen LogP contribution in [-0.2, 0) is 26.0 Å². The summed E-state index contributed by atoms with van der Waals surface area (Å²) in [6.07, 6.45) is 7.41. The van der Waals surface area contributed by atoms with Crippen LogP contribution in [0, 0.1) is 5.82 Å². The highest BCUT2D eigenvalue weighted by atomic mass is 32.1. The predicted octanol–water partition coefficient (Wildman–Crippen LogP) is 7.02. The molecule has 1 aliphatic rings. The number of fused-ring (bicyclic) bond motifs is 1. The largest absolute Gasteiger partial charge is 0.490 e. The zero-order valence-corrected chi connectivity index (χ0v) is 22.0. The van der Waals surface area contributed by atoms with Crippen molar-refractivity contribution in [2.45, 2.75) is 45.8 Å². The maximum Gasteiger partial charge on any atom is 0.255 e. The molecule has 0 unspecified atom stereocenters. The van der Waals surface area contributed by atoms with Gasteiger partial charge >= 0.3 is 0 Å². The van der Waals surface area contributed by atoms with Gasteiger partial charge in [-0.15, -0.1) is 11.3 Å². The molecule has 1 amide bonds. The molecule has 0 saturated heterocycles. The van der Waals surface area contributed by atoms with E-state index in [4.69, 9.17) is 18.9 Å². The topological polar surface area (TPSA) is 73.1 Å². The Kier molecular flexibility index (Phi) is 8.19. The highest BCUT2D eigenvalue weighted by molar-refractivity contribution is 7.16. The molecule has 0 spiro atoms. The van der Waals surface area contributed by atoms with Crippen molar-refractivity contribution in [1.82, 2.24) is 5.32 Å². The van der Waals surface area contributed by atoms with Crippen molar-refractivity contribution in [1.29, 1.82) is 0 Å². The molecule has 4 aromatic rings. The average molecular weight is 533 g/mol. The third-order valence-electron chi connectivity index (χ3n) is 6.29. The van der Waals surface area contributed by atoms with Crippen LogP contribution in [0.2, 0.25) is 0 Å². The van der Waals surface area contributed by atoms with Gasteiger partial charge in [-0.1, -0.05) is 12.1 Å². The molecule has 6 nitrogen and oxygen atoms in total. The molecule has 2 aromatic heterocycles. The molecule has 8 heteroatoms. The molecule has 0 radical (unpaired) electrons. The van der Waals surface area contributed by atoms with Gasteiger partial charge in [-0.2, -0.15) is 0 Å². The number of benzene rings is 2. The van der Waals surface area contributed by atoms with Crippen molar-refractivity contribution in [2.24, 2.45) is 4.99 Å². The lowest BCUT2D eigenvalue weighted by Crippen LogP contribution is -2.23. The molecule has 0 fully saturated rings. The zero-order valence-electron chi connectivity index (χ0n) is 21.2. The lowest BCUT2D eigenvalue weighted by molar-refractivity contribution is 0.0948. The van der Waals surface area contributed by atoms with Gasteiger partial charge in [0.05, 0.1) is 25.0 Å². The van der Waals surface area contributed by atoms with E-state index < -0.39 is 0 Å². The molecule has 1 N–H and O–H groups in total. The minimum absolute atomic E-state index is 0.132. The number of rotatable bonds is 10. The lowest BCUT2D eigenvalue weighted by atomic mass is 9.95. The SMILES string of the molecule is CCOc1cc(C=Nc2sc3c(c2C(=O)NCc2ccco2)CCCC3)ccc1OCc1ccc(F)cc1. The van der Waals surface area contributed by atoms with E-state index in [9.17, 15) is 9.18 Å². The molecular formula is C30H29FN2O4S. The summed E-state index contributed by atoms with van der Waals surface area (Å²) in [5, 5.41) is 3.69. The number of nitrogens with zero attached hydrogens (tertiary/aromatic N) is 1. The van der Waals surface area contributed by atoms with E-state index >= 15 is 0 Å². The van der Waals surface area contributed by atoms with Crippen molar-refractivity contribution in [3.63, 3.8) is 0 Å². The number of halogens is 1. The fourth-order valence-corrected chi connectivity index (χ4v) is 5.64. The molecule has 0 saturated carbocycles. The highest BCUT2D eigenvalue weighted by Crippen LogP contribution is 2.40. The van der Waals surface area contributed by atoms with Gasteiger partial charge in [-0.3, -0.25) is 4.79 Å². The molecule has 2 heterocycles. The quantitative estimate of drug-likeness (QED) is 0.223. The number of aliphatic imine (C=N–C) groups is 1. The number of aryl methyl sites for hydroxylation is 1. The van der Waals surface area contributed by atoms with Crippen LogP contribution >= 0.6 is 11.3 Å². The Morgan fingerprint density at radius 3 is 2.74 bits per heavy atom. The summed E-state index contributed by atoms with van der Waals surface area (Å²) in [6.45, 7) is 3.02. The molecule has 5 rings (SSSR count). The van der Waals surface area contributed by atoms with E-state index in [1.807, 2.05) is 31.2 Å². The summed E-state index contributed by atoms with van der Waals surface area (Å²) in [7, 11) is 0. The molecule has 1 aliphatic carbocycles. The van der Waals surface area contributed by atoms with Crippen LogP contribution in [0.3, 0.4) is 0 Å². The third-order valence-corrected chi connectivity index (χ3v) is 7.49. The smallest absolute Gasteiger partial charge is 0.255 e. The minimum atomic E-state index is -0.280. The van der Waals surface area contributed by atoms with Crippen molar-refractivity contribution in [3.8, 4) is 11.5 Å². The first-order valence-electron chi connectivity index (χ1n) is 12.7. The van der Waals surface area contributed by atoms with Crippen molar-refractivity contribution in [3.05, 3.63) is 99.6 Å². The number of carbonyl (C=O) groups excluding carboxylic acids is 1. The predicted molar refractivity (Wildman–Crippen MR) is 146 cm³/mol. The van der Waals surface area contributed by atoms with E-state index in [1.165, 1.54) is 17.0 Å². The number of thiophene rings is 1. The number of ether oxygens (including phenoxy) is 2. The molecule has 0 aliphatic heterocycles. The van der Waals surface area contributed by atoms with Crippen LogP contribution in [0.25, 0.3) is 0 Å². The standard InChI is InChI=1S/C30H29FN2O4S/c1-2-35-26-16-21(11-14-25(26)37-19-20-9-12-22(31)13-10-20)17-33-30-28(24-7-3-4-8-27(24)38-30)29(34)32-18-23-6-5-15-36-23/h5-6,9-17H,2-4,7-8,18-19H2,1H3,(H,32,34). The summed E-state index contributed by atoms with van der Waals surface area (Å²) in [5.74, 6) is 1.49. The molecule has 0 bridgehead atoms. The second kappa shape index (κ2) is 12.1. The second-order valence-corrected chi connectivity index (χ2v) is 10.0. The lowest BCUT2D eigenvalue weighted by Gasteiger charge is -2.13. The van der Waals surface area contributed by atoms with E-state index in [1.54, 1.807) is 42.0 Å². The van der Waals surface area contributed by atoms with Gasteiger partial charge in [-0.25, -0.2) is 9.38 Å². The van der Waals surface area contributed by atoms with Crippen LogP contribution in [0.1, 0.15) is 57.5 Å². The minimum Gasteiger partial charge on any atom is -0.490 e. The van der Waals surface area contributed by atoms with Crippen LogP contribution in [0.5, 0.6) is 11.5 Å². The first kappa shape index (κ1) is 25.7. The third kappa shape index (κ3) is 6.14. The van der Waals surface area contributed by atoms with E-state index in [0.717, 1.165) is 42.4 Å². The van der Waals surface area contributed by atoms with Gasteiger partial charge in [0.15, 0.2) is 11.5 Å². The van der Waals surface area contributed by atoms with Crippen LogP contribution in [0.4, 0.5) is 9.39 Å². The summed E-state index contributed by atoms with van der Waals surface area (Å²) >= 11 is 1.59. The fraction of sp³-hybridized carbons (Fsp3) is 0.267. The van der Waals surface area contributed by atoms with Crippen molar-refractivity contribution >= 4 is 28.5 Å². The number of furan rings is 1. The summed E-state index contributed by atoms with van der Waals surface area (Å²) < 4.78 is 30.3. The molecule has 0 atom stereocenters. The van der Waals surface area contributed by atoms with Gasteiger partial charge < -0.3 is 19.2 Å². The first-order chi connectivity index (χ1) is 18.6. The number of hydrogen-bond acceptors (Lipinski definition) is 6. The van der Waals surface area contributed by atoms with Gasteiger partial charge in [0.25, 0.3) is 5.91 Å². The highest BCUT2D eigenvalue weighted by Gasteiger charge is 2.25. The Bertz CT molecular complexity index is 1410. The molecular weight excluding hydrogens is 503 g/mol. The second-order valence-electron chi connectivity index (χ2n) is 8.97. The Hall–Kier alpha value is -3.91. The van der Waals surface area contributed by atoms with Gasteiger partial charge in [0.2, 0.25) is 0 Å². The van der Waals surface area contributed by atoms with E-state index in [-0.39, 0.29) is 11.7 Å². The summed E-state index contributed by atoms with van der Waals surface area (Å²) in [4.78, 5) is 19.2. The summed E-state index contributed by atoms with van der Waals surface area (Å²) in [5.41, 5.74) is 3.47. The Labute approximate surface area is 225 Å². The number of nitrogens with one attached hydrogen (secondary N) is 1. The van der Waals surface area contributed by atoms with Crippen molar-refractivity contribution in [2.75, 3.05) is 6.61 Å². The number of carbonyl (C=O) groups is 1. The van der Waals surface area contributed by atoms with E-state index in [2.05, 4.69) is 5.32 Å². The molecule has 38 heavy (non-hydrogen) atoms. The molecule has 196 valence electrons. The maximum absolute atomic E-state index is 13.2. The van der Waals surface area contributed by atoms with Crippen LogP contribution in [-0.4, -0.2) is 18.7 Å². The Morgan fingerprint density at radius 2 is 1.95 bits per heavy atom. The van der Waals surface area contributed by atoms with Crippen LogP contribution < -0.4 is 14.8 Å². The number of amides is 1. The summed E-state index contributed by atoms with van der Waals surface area (Å²) in [6, 6.07) is 15.5. The van der Waals surface area contributed by atoms with Gasteiger partial charge in [0.1, 0.15) is 23.2 Å². The Balaban J connectivity index is 1.35. The average Bonchev–Trinajstić information content (AvgIpc) is 3.59. The number of hydrogen-bond donors (Lipinski definition) is 1. The van der Waals surface area contributed by atoms with Gasteiger partial charge in [0, 0.05) is 11.1 Å². The van der Waals surface area contributed by atoms with Gasteiger partial charge in [-0.05, 0) is 91.8 Å². The maximum atomic E-state index is 13.2. The molecule has 2 aromatic carbocycles. The Morgan fingerprint density at radius 1 is 1.11 bits per heavy atom. The monoisotopic (exact) mass is 532 g/mol. The fourth-order valence-electron chi connectivity index (χ4n) is 4.41. The zero-order chi connectivity index (χ0) is 26.3. The first-order valence-corrected chi connectivity index (χ1v) is 13.6. The van der Waals surface area contributed by atoms with Crippen molar-refractivity contribution < 1.29 is 23.1 Å². The normalized spacial score (nSPS) is 12.9. The van der Waals surface area contributed by atoms with Crippen LogP contribution in [0.15, 0.2) is 70.3 Å².